The molecule has 6 N–H and O–H groups in total. The predicted octanol–water partition coefficient (Wildman–Crippen LogP) is 0.348. The van der Waals surface area contributed by atoms with Gasteiger partial charge in [0, 0.05) is 48.3 Å². The van der Waals surface area contributed by atoms with Crippen molar-refractivity contribution in [3.05, 3.63) is 40.9 Å². The molecule has 2 heterocycles. The van der Waals surface area contributed by atoms with Gasteiger partial charge in [0.1, 0.15) is 0 Å². The van der Waals surface area contributed by atoms with Gasteiger partial charge >= 0.3 is 0 Å². The molecule has 7 nitrogen and oxygen atoms in total. The van der Waals surface area contributed by atoms with E-state index in [-0.39, 0.29) is 6.54 Å². The minimum atomic E-state index is -0.569. The van der Waals surface area contributed by atoms with Gasteiger partial charge in [0.2, 0.25) is 0 Å². The van der Waals surface area contributed by atoms with E-state index in [1.54, 1.807) is 0 Å². The summed E-state index contributed by atoms with van der Waals surface area (Å²) in [6.07, 6.45) is 4.56. The van der Waals surface area contributed by atoms with E-state index >= 15 is 0 Å². The number of nitrogens with two attached hydrogens (primary N) is 2. The highest BCUT2D eigenvalue weighted by molar-refractivity contribution is 5.70. The zero-order chi connectivity index (χ0) is 20.9. The van der Waals surface area contributed by atoms with Crippen molar-refractivity contribution in [3.8, 4) is 11.3 Å². The predicted molar refractivity (Wildman–Crippen MR) is 121 cm³/mol. The maximum absolute atomic E-state index is 9.74. The SMILES string of the molecule is NCC(O)CNc1cccc(-c2cc(N3CCOCC3)c3c(n2)=CCCCC=3N)c1. The summed E-state index contributed by atoms with van der Waals surface area (Å²) in [5.74, 6) is 0. The summed E-state index contributed by atoms with van der Waals surface area (Å²) in [6.45, 7) is 3.78. The molecule has 0 bridgehead atoms. The Labute approximate surface area is 177 Å². The van der Waals surface area contributed by atoms with Gasteiger partial charge in [0.05, 0.1) is 36.0 Å². The molecule has 160 valence electrons. The third-order valence-electron chi connectivity index (χ3n) is 5.66. The smallest absolute Gasteiger partial charge is 0.0834 e. The van der Waals surface area contributed by atoms with E-state index in [1.807, 2.05) is 12.1 Å². The number of anilines is 2. The number of benzene rings is 1. The number of rotatable bonds is 6. The molecule has 4 rings (SSSR count). The summed E-state index contributed by atoms with van der Waals surface area (Å²) in [4.78, 5) is 7.35. The van der Waals surface area contributed by atoms with Gasteiger partial charge in [-0.1, -0.05) is 18.2 Å². The van der Waals surface area contributed by atoms with E-state index < -0.39 is 6.10 Å². The molecule has 0 spiro atoms. The molecule has 1 aromatic carbocycles. The number of pyridine rings is 1. The molecule has 0 radical (unpaired) electrons. The first-order valence-corrected chi connectivity index (χ1v) is 10.7. The molecule has 7 heteroatoms. The van der Waals surface area contributed by atoms with Crippen LogP contribution in [0.3, 0.4) is 0 Å². The lowest BCUT2D eigenvalue weighted by molar-refractivity contribution is 0.122. The van der Waals surface area contributed by atoms with Gasteiger partial charge in [-0.3, -0.25) is 0 Å². The van der Waals surface area contributed by atoms with E-state index in [2.05, 4.69) is 34.5 Å². The molecule has 1 saturated heterocycles. The average Bonchev–Trinajstić information content (AvgIpc) is 2.99. The first kappa shape index (κ1) is 20.7. The summed E-state index contributed by atoms with van der Waals surface area (Å²) >= 11 is 0. The number of ether oxygens (including phenoxy) is 1. The number of aliphatic hydroxyl groups is 1. The molecule has 1 aliphatic heterocycles. The van der Waals surface area contributed by atoms with E-state index in [0.717, 1.165) is 84.5 Å². The molecule has 0 amide bonds. The van der Waals surface area contributed by atoms with Crippen LogP contribution in [-0.2, 0) is 4.74 Å². The topological polar surface area (TPSA) is 110 Å². The van der Waals surface area contributed by atoms with Crippen molar-refractivity contribution in [2.45, 2.75) is 25.4 Å². The van der Waals surface area contributed by atoms with E-state index in [4.69, 9.17) is 21.2 Å². The van der Waals surface area contributed by atoms with Crippen LogP contribution in [0.5, 0.6) is 0 Å². The van der Waals surface area contributed by atoms with Crippen molar-refractivity contribution in [3.63, 3.8) is 0 Å². The first-order chi connectivity index (χ1) is 14.7. The maximum Gasteiger partial charge on any atom is 0.0834 e. The monoisotopic (exact) mass is 409 g/mol. The quantitative estimate of drug-likeness (QED) is 0.545. The summed E-state index contributed by atoms with van der Waals surface area (Å²) in [7, 11) is 0. The summed E-state index contributed by atoms with van der Waals surface area (Å²) in [5.41, 5.74) is 16.9. The number of nitrogens with zero attached hydrogens (tertiary/aromatic N) is 2. The summed E-state index contributed by atoms with van der Waals surface area (Å²) in [6, 6.07) is 10.3. The Kier molecular flexibility index (Phi) is 6.52. The molecule has 1 aliphatic carbocycles. The number of fused-ring (bicyclic) bond motifs is 1. The highest BCUT2D eigenvalue weighted by atomic mass is 16.5. The fourth-order valence-electron chi connectivity index (χ4n) is 3.99. The third-order valence-corrected chi connectivity index (χ3v) is 5.66. The minimum absolute atomic E-state index is 0.232. The zero-order valence-electron chi connectivity index (χ0n) is 17.3. The molecule has 1 unspecified atom stereocenters. The summed E-state index contributed by atoms with van der Waals surface area (Å²) < 4.78 is 5.56. The van der Waals surface area contributed by atoms with E-state index in [1.165, 1.54) is 0 Å². The Morgan fingerprint density at radius 2 is 2.07 bits per heavy atom. The average molecular weight is 410 g/mol. The van der Waals surface area contributed by atoms with Gasteiger partial charge in [-0.15, -0.1) is 0 Å². The van der Waals surface area contributed by atoms with Crippen LogP contribution in [0.2, 0.25) is 0 Å². The fraction of sp³-hybridized carbons (Fsp3) is 0.435. The molecule has 2 aliphatic rings. The van der Waals surface area contributed by atoms with E-state index in [9.17, 15) is 5.11 Å². The fourth-order valence-corrected chi connectivity index (χ4v) is 3.99. The first-order valence-electron chi connectivity index (χ1n) is 10.7. The van der Waals surface area contributed by atoms with Gasteiger partial charge in [-0.2, -0.15) is 0 Å². The van der Waals surface area contributed by atoms with Gasteiger partial charge in [0.15, 0.2) is 0 Å². The second-order valence-electron chi connectivity index (χ2n) is 7.86. The second kappa shape index (κ2) is 9.47. The lowest BCUT2D eigenvalue weighted by Gasteiger charge is -2.30. The van der Waals surface area contributed by atoms with Gasteiger partial charge in [0.25, 0.3) is 0 Å². The van der Waals surface area contributed by atoms with Crippen molar-refractivity contribution in [2.75, 3.05) is 49.6 Å². The van der Waals surface area contributed by atoms with Gasteiger partial charge in [-0.25, -0.2) is 4.98 Å². The van der Waals surface area contributed by atoms with Crippen molar-refractivity contribution >= 4 is 23.1 Å². The van der Waals surface area contributed by atoms with Crippen LogP contribution >= 0.6 is 0 Å². The van der Waals surface area contributed by atoms with Crippen LogP contribution in [0, 0.1) is 0 Å². The molecule has 1 atom stereocenters. The van der Waals surface area contributed by atoms with Crippen molar-refractivity contribution in [1.82, 2.24) is 4.98 Å². The minimum Gasteiger partial charge on any atom is -0.401 e. The van der Waals surface area contributed by atoms with Gasteiger partial charge < -0.3 is 31.5 Å². The normalized spacial score (nSPS) is 17.7. The Hall–Kier alpha value is -2.61. The van der Waals surface area contributed by atoms with Crippen LogP contribution in [-0.4, -0.2) is 55.6 Å². The Morgan fingerprint density at radius 3 is 2.87 bits per heavy atom. The highest BCUT2D eigenvalue weighted by Crippen LogP contribution is 2.24. The molecule has 1 aromatic heterocycles. The summed E-state index contributed by atoms with van der Waals surface area (Å²) in [5, 5.41) is 15.0. The van der Waals surface area contributed by atoms with Crippen molar-refractivity contribution < 1.29 is 9.84 Å². The Morgan fingerprint density at radius 1 is 1.23 bits per heavy atom. The molecule has 1 fully saturated rings. The highest BCUT2D eigenvalue weighted by Gasteiger charge is 2.17. The lowest BCUT2D eigenvalue weighted by atomic mass is 10.1. The standard InChI is InChI=1S/C23H31N5O2/c24-14-18(29)15-26-17-5-3-4-16(12-17)21-13-22(28-8-10-30-11-9-28)23-19(25)6-1-2-7-20(23)27-21/h3-5,7,12-13,18,26,29H,1-2,6,8-11,14-15,24-25H2. The van der Waals surface area contributed by atoms with Crippen LogP contribution in [0.25, 0.3) is 23.0 Å². The largest absolute Gasteiger partial charge is 0.401 e. The lowest BCUT2D eigenvalue weighted by Crippen LogP contribution is -2.44. The molecule has 30 heavy (non-hydrogen) atoms. The van der Waals surface area contributed by atoms with E-state index in [0.29, 0.717) is 6.54 Å². The number of hydrogen-bond acceptors (Lipinski definition) is 7. The number of hydrogen-bond donors (Lipinski definition) is 4. The number of nitrogens with one attached hydrogen (secondary N) is 1. The van der Waals surface area contributed by atoms with Crippen LogP contribution in [0.1, 0.15) is 19.3 Å². The van der Waals surface area contributed by atoms with Crippen molar-refractivity contribution in [2.24, 2.45) is 11.5 Å². The molecule has 2 aromatic rings. The van der Waals surface area contributed by atoms with Crippen molar-refractivity contribution in [1.29, 1.82) is 0 Å². The number of aliphatic hydroxyl groups excluding tert-OH is 1. The molecule has 0 saturated carbocycles. The Balaban J connectivity index is 1.77. The zero-order valence-corrected chi connectivity index (χ0v) is 17.3. The number of morpholine rings is 1. The number of aromatic nitrogens is 1. The van der Waals surface area contributed by atoms with Crippen LogP contribution < -0.4 is 32.3 Å². The van der Waals surface area contributed by atoms with Gasteiger partial charge in [-0.05, 0) is 37.5 Å². The third kappa shape index (κ3) is 4.59. The molecular formula is C23H31N5O2. The second-order valence-corrected chi connectivity index (χ2v) is 7.86. The van der Waals surface area contributed by atoms with Crippen LogP contribution in [0.15, 0.2) is 30.3 Å². The molecular weight excluding hydrogens is 378 g/mol. The maximum atomic E-state index is 9.74. The Bertz CT molecular complexity index is 1000. The van der Waals surface area contributed by atoms with Crippen LogP contribution in [0.4, 0.5) is 11.4 Å².